The predicted octanol–water partition coefficient (Wildman–Crippen LogP) is 6.36. The van der Waals surface area contributed by atoms with E-state index in [1.807, 2.05) is 12.1 Å². The van der Waals surface area contributed by atoms with E-state index in [-0.39, 0.29) is 0 Å². The zero-order valence-electron chi connectivity index (χ0n) is 13.1. The van der Waals surface area contributed by atoms with Gasteiger partial charge in [-0.05, 0) is 68.3 Å². The van der Waals surface area contributed by atoms with Crippen molar-refractivity contribution in [3.63, 3.8) is 0 Å². The van der Waals surface area contributed by atoms with Gasteiger partial charge in [0.1, 0.15) is 11.6 Å². The number of nitrogens with one attached hydrogen (secondary N) is 1. The molecule has 3 N–H and O–H groups in total. The molecule has 0 unspecified atom stereocenters. The lowest BCUT2D eigenvalue weighted by atomic mass is 10.2. The summed E-state index contributed by atoms with van der Waals surface area (Å²) in [5.41, 5.74) is 7.95. The Kier molecular flexibility index (Phi) is 5.81. The van der Waals surface area contributed by atoms with E-state index in [1.165, 1.54) is 0 Å². The summed E-state index contributed by atoms with van der Waals surface area (Å²) in [6.45, 7) is 0. The molecule has 0 saturated carbocycles. The zero-order chi connectivity index (χ0) is 18.7. The van der Waals surface area contributed by atoms with Crippen LogP contribution in [-0.4, -0.2) is 4.98 Å². The molecule has 0 fully saturated rings. The number of hydrogen-bond acceptors (Lipinski definition) is 5. The highest BCUT2D eigenvalue weighted by Gasteiger charge is 2.11. The van der Waals surface area contributed by atoms with Gasteiger partial charge in [0.05, 0.1) is 32.5 Å². The summed E-state index contributed by atoms with van der Waals surface area (Å²) in [4.78, 5) is 4.18. The fourth-order valence-electron chi connectivity index (χ4n) is 2.14. The van der Waals surface area contributed by atoms with E-state index in [0.29, 0.717) is 28.6 Å². The molecule has 0 aliphatic heterocycles. The van der Waals surface area contributed by atoms with Gasteiger partial charge in [0.2, 0.25) is 0 Å². The van der Waals surface area contributed by atoms with Crippen molar-refractivity contribution >= 4 is 65.0 Å². The van der Waals surface area contributed by atoms with Crippen LogP contribution in [0.5, 0.6) is 11.5 Å². The Morgan fingerprint density at radius 3 is 2.31 bits per heavy atom. The van der Waals surface area contributed by atoms with E-state index >= 15 is 0 Å². The van der Waals surface area contributed by atoms with Crippen molar-refractivity contribution in [1.82, 2.24) is 4.98 Å². The molecule has 1 aromatic heterocycles. The maximum Gasteiger partial charge on any atom is 0.155 e. The normalized spacial score (nSPS) is 10.2. The minimum absolute atomic E-state index is 0.343. The van der Waals surface area contributed by atoms with Crippen molar-refractivity contribution in [2.75, 3.05) is 11.1 Å². The number of aromatic nitrogens is 1. The first kappa shape index (κ1) is 18.7. The maximum absolute atomic E-state index is 8.87. The number of nitrogens with two attached hydrogens (primary N) is 1. The number of halogens is 3. The fraction of sp³-hybridized carbons (Fsp3) is 0. The summed E-state index contributed by atoms with van der Waals surface area (Å²) >= 11 is 10.4. The van der Waals surface area contributed by atoms with Crippen LogP contribution in [-0.2, 0) is 0 Å². The molecule has 3 rings (SSSR count). The van der Waals surface area contributed by atoms with E-state index in [0.717, 1.165) is 19.1 Å². The second-order valence-corrected chi connectivity index (χ2v) is 7.84. The van der Waals surface area contributed by atoms with Gasteiger partial charge in [-0.2, -0.15) is 5.26 Å². The third kappa shape index (κ3) is 4.36. The van der Waals surface area contributed by atoms with Crippen molar-refractivity contribution in [2.24, 2.45) is 0 Å². The quantitative estimate of drug-likeness (QED) is 0.404. The Morgan fingerprint density at radius 2 is 1.69 bits per heavy atom. The summed E-state index contributed by atoms with van der Waals surface area (Å²) in [7, 11) is 0. The van der Waals surface area contributed by atoms with Crippen LogP contribution in [0.25, 0.3) is 0 Å². The molecule has 5 nitrogen and oxygen atoms in total. The lowest BCUT2D eigenvalue weighted by molar-refractivity contribution is 0.474. The van der Waals surface area contributed by atoms with Crippen molar-refractivity contribution in [3.8, 4) is 17.6 Å². The average Bonchev–Trinajstić information content (AvgIpc) is 2.61. The molecular formula is C18H11Br3N4O. The zero-order valence-corrected chi connectivity index (χ0v) is 17.9. The summed E-state index contributed by atoms with van der Waals surface area (Å²) in [5, 5.41) is 12.1. The summed E-state index contributed by atoms with van der Waals surface area (Å²) in [5.74, 6) is 1.50. The Hall–Kier alpha value is -2.08. The lowest BCUT2D eigenvalue weighted by Crippen LogP contribution is -2.00. The first-order valence-electron chi connectivity index (χ1n) is 7.31. The predicted molar refractivity (Wildman–Crippen MR) is 113 cm³/mol. The van der Waals surface area contributed by atoms with Crippen molar-refractivity contribution in [1.29, 1.82) is 5.26 Å². The van der Waals surface area contributed by atoms with E-state index in [4.69, 9.17) is 15.7 Å². The van der Waals surface area contributed by atoms with Crippen LogP contribution in [0.4, 0.5) is 17.2 Å². The Balaban J connectivity index is 1.87. The molecule has 1 heterocycles. The van der Waals surface area contributed by atoms with Gasteiger partial charge in [0, 0.05) is 16.2 Å². The molecule has 0 bridgehead atoms. The number of nitrogen functional groups attached to an aromatic ring is 1. The Labute approximate surface area is 175 Å². The minimum Gasteiger partial charge on any atom is -0.453 e. The van der Waals surface area contributed by atoms with Gasteiger partial charge in [-0.3, -0.25) is 0 Å². The van der Waals surface area contributed by atoms with Crippen LogP contribution in [0.3, 0.4) is 0 Å². The first-order valence-corrected chi connectivity index (χ1v) is 9.69. The van der Waals surface area contributed by atoms with Crippen molar-refractivity contribution < 1.29 is 4.74 Å². The number of nitriles is 1. The van der Waals surface area contributed by atoms with Crippen LogP contribution in [0.2, 0.25) is 0 Å². The van der Waals surface area contributed by atoms with Gasteiger partial charge in [0.15, 0.2) is 5.75 Å². The van der Waals surface area contributed by atoms with E-state index in [9.17, 15) is 0 Å². The number of pyridine rings is 1. The third-order valence-electron chi connectivity index (χ3n) is 3.37. The summed E-state index contributed by atoms with van der Waals surface area (Å²) in [6, 6.07) is 14.7. The number of nitrogens with zero attached hydrogens (tertiary/aromatic N) is 2. The molecule has 0 amide bonds. The molecule has 130 valence electrons. The highest BCUT2D eigenvalue weighted by atomic mass is 79.9. The molecule has 3 aromatic rings. The van der Waals surface area contributed by atoms with Crippen LogP contribution >= 0.6 is 47.8 Å². The standard InChI is InChI=1S/C18H11Br3N4O/c19-11-5-14(20)17(15(21)6-11)26-13-7-16(18(23)24-9-13)25-12-3-1-10(8-22)2-4-12/h1-7,9,25H,(H2,23,24). The highest BCUT2D eigenvalue weighted by Crippen LogP contribution is 2.39. The molecule has 0 aliphatic rings. The maximum atomic E-state index is 8.87. The minimum atomic E-state index is 0.343. The molecule has 8 heteroatoms. The fourth-order valence-corrected chi connectivity index (χ4v) is 4.56. The molecule has 0 radical (unpaired) electrons. The molecule has 0 atom stereocenters. The molecule has 2 aromatic carbocycles. The first-order chi connectivity index (χ1) is 12.5. The monoisotopic (exact) mass is 536 g/mol. The number of rotatable bonds is 4. The topological polar surface area (TPSA) is 84.0 Å². The smallest absolute Gasteiger partial charge is 0.155 e. The molecule has 0 aliphatic carbocycles. The number of anilines is 3. The SMILES string of the molecule is N#Cc1ccc(Nc2cc(Oc3c(Br)cc(Br)cc3Br)cnc2N)cc1. The van der Waals surface area contributed by atoms with Crippen molar-refractivity contribution in [2.45, 2.75) is 0 Å². The summed E-state index contributed by atoms with van der Waals surface area (Å²) in [6.07, 6.45) is 1.56. The lowest BCUT2D eigenvalue weighted by Gasteiger charge is -2.13. The van der Waals surface area contributed by atoms with E-state index in [2.05, 4.69) is 64.2 Å². The average molecular weight is 539 g/mol. The highest BCUT2D eigenvalue weighted by molar-refractivity contribution is 9.11. The van der Waals surface area contributed by atoms with Gasteiger partial charge in [-0.25, -0.2) is 4.98 Å². The van der Waals surface area contributed by atoms with Gasteiger partial charge in [0.25, 0.3) is 0 Å². The number of benzene rings is 2. The molecular weight excluding hydrogens is 528 g/mol. The number of hydrogen-bond donors (Lipinski definition) is 2. The van der Waals surface area contributed by atoms with Crippen LogP contribution in [0.1, 0.15) is 5.56 Å². The van der Waals surface area contributed by atoms with Gasteiger partial charge < -0.3 is 15.8 Å². The molecule has 0 spiro atoms. The van der Waals surface area contributed by atoms with Crippen LogP contribution in [0.15, 0.2) is 62.1 Å². The molecule has 26 heavy (non-hydrogen) atoms. The van der Waals surface area contributed by atoms with Crippen LogP contribution < -0.4 is 15.8 Å². The Bertz CT molecular complexity index is 977. The van der Waals surface area contributed by atoms with Gasteiger partial charge in [-0.1, -0.05) is 15.9 Å². The number of ether oxygens (including phenoxy) is 1. The van der Waals surface area contributed by atoms with Gasteiger partial charge >= 0.3 is 0 Å². The van der Waals surface area contributed by atoms with E-state index < -0.39 is 0 Å². The van der Waals surface area contributed by atoms with E-state index in [1.54, 1.807) is 36.5 Å². The third-order valence-corrected chi connectivity index (χ3v) is 5.01. The largest absolute Gasteiger partial charge is 0.453 e. The summed E-state index contributed by atoms with van der Waals surface area (Å²) < 4.78 is 8.45. The van der Waals surface area contributed by atoms with Crippen LogP contribution in [0, 0.1) is 11.3 Å². The second kappa shape index (κ2) is 8.08. The second-order valence-electron chi connectivity index (χ2n) is 5.22. The van der Waals surface area contributed by atoms with Crippen molar-refractivity contribution in [3.05, 3.63) is 67.6 Å². The molecule has 0 saturated heterocycles. The van der Waals surface area contributed by atoms with Gasteiger partial charge in [-0.15, -0.1) is 0 Å². The Morgan fingerprint density at radius 1 is 1.04 bits per heavy atom.